The lowest BCUT2D eigenvalue weighted by atomic mass is 9.95. The van der Waals surface area contributed by atoms with E-state index in [1.165, 1.54) is 36.2 Å². The SMILES string of the molecule is CS(=O)(=O)N1CCN(C(=S)N[C@H]2C[C@H]3CC[C@@H]2C3)CC1. The molecule has 0 amide bonds. The minimum atomic E-state index is -3.06. The van der Waals surface area contributed by atoms with Gasteiger partial charge in [0.05, 0.1) is 6.26 Å². The molecule has 0 spiro atoms. The molecule has 20 heavy (non-hydrogen) atoms. The number of hydrogen-bond donors (Lipinski definition) is 1. The Hall–Kier alpha value is -0.400. The Morgan fingerprint density at radius 2 is 1.85 bits per heavy atom. The first-order valence-corrected chi connectivity index (χ1v) is 9.69. The second kappa shape index (κ2) is 5.42. The highest BCUT2D eigenvalue weighted by Gasteiger charge is 2.40. The normalized spacial score (nSPS) is 34.5. The molecular formula is C13H23N3O2S2. The second-order valence-electron chi connectivity index (χ2n) is 6.38. The van der Waals surface area contributed by atoms with E-state index in [1.807, 2.05) is 0 Å². The first-order chi connectivity index (χ1) is 9.43. The van der Waals surface area contributed by atoms with Crippen LogP contribution in [0.4, 0.5) is 0 Å². The Morgan fingerprint density at radius 3 is 2.35 bits per heavy atom. The van der Waals surface area contributed by atoms with Gasteiger partial charge in [-0.1, -0.05) is 6.42 Å². The lowest BCUT2D eigenvalue weighted by Gasteiger charge is -2.36. The van der Waals surface area contributed by atoms with E-state index in [1.54, 1.807) is 0 Å². The van der Waals surface area contributed by atoms with Gasteiger partial charge < -0.3 is 10.2 Å². The molecule has 0 aromatic heterocycles. The molecule has 1 heterocycles. The molecule has 0 aromatic rings. The minimum Gasteiger partial charge on any atom is -0.360 e. The predicted octanol–water partition coefficient (Wildman–Crippen LogP) is 0.627. The Kier molecular flexibility index (Phi) is 3.94. The summed E-state index contributed by atoms with van der Waals surface area (Å²) >= 11 is 5.51. The van der Waals surface area contributed by atoms with Crippen molar-refractivity contribution in [1.29, 1.82) is 0 Å². The van der Waals surface area contributed by atoms with Crippen LogP contribution < -0.4 is 5.32 Å². The summed E-state index contributed by atoms with van der Waals surface area (Å²) in [6.07, 6.45) is 6.63. The molecule has 3 fully saturated rings. The Bertz CT molecular complexity index is 486. The van der Waals surface area contributed by atoms with Gasteiger partial charge in [-0.3, -0.25) is 0 Å². The molecule has 5 nitrogen and oxygen atoms in total. The Morgan fingerprint density at radius 1 is 1.15 bits per heavy atom. The highest BCUT2D eigenvalue weighted by Crippen LogP contribution is 2.44. The van der Waals surface area contributed by atoms with Gasteiger partial charge in [-0.25, -0.2) is 8.42 Å². The molecule has 0 unspecified atom stereocenters. The molecule has 2 bridgehead atoms. The molecule has 0 radical (unpaired) electrons. The fraction of sp³-hybridized carbons (Fsp3) is 0.923. The zero-order chi connectivity index (χ0) is 14.3. The third-order valence-corrected chi connectivity index (χ3v) is 6.72. The third-order valence-electron chi connectivity index (χ3n) is 5.04. The zero-order valence-corrected chi connectivity index (χ0v) is 13.5. The van der Waals surface area contributed by atoms with Crippen LogP contribution in [0.5, 0.6) is 0 Å². The first-order valence-electron chi connectivity index (χ1n) is 7.44. The second-order valence-corrected chi connectivity index (χ2v) is 8.75. The first kappa shape index (κ1) is 14.5. The van der Waals surface area contributed by atoms with E-state index >= 15 is 0 Å². The molecule has 1 N–H and O–H groups in total. The highest BCUT2D eigenvalue weighted by molar-refractivity contribution is 7.88. The van der Waals surface area contributed by atoms with Crippen molar-refractivity contribution in [3.8, 4) is 0 Å². The summed E-state index contributed by atoms with van der Waals surface area (Å²) in [5, 5.41) is 4.34. The van der Waals surface area contributed by atoms with Crippen LogP contribution in [-0.4, -0.2) is 61.2 Å². The molecular weight excluding hydrogens is 294 g/mol. The summed E-state index contributed by atoms with van der Waals surface area (Å²) in [7, 11) is -3.06. The lowest BCUT2D eigenvalue weighted by Crippen LogP contribution is -2.54. The van der Waals surface area contributed by atoms with Gasteiger partial charge in [0.2, 0.25) is 10.0 Å². The molecule has 0 aromatic carbocycles. The largest absolute Gasteiger partial charge is 0.360 e. The van der Waals surface area contributed by atoms with E-state index in [0.717, 1.165) is 16.9 Å². The number of thiocarbonyl (C=S) groups is 1. The van der Waals surface area contributed by atoms with Crippen LogP contribution in [0.25, 0.3) is 0 Å². The molecule has 3 rings (SSSR count). The topological polar surface area (TPSA) is 52.7 Å². The fourth-order valence-corrected chi connectivity index (χ4v) is 5.05. The molecule has 1 saturated heterocycles. The van der Waals surface area contributed by atoms with E-state index in [9.17, 15) is 8.42 Å². The smallest absolute Gasteiger partial charge is 0.211 e. The maximum Gasteiger partial charge on any atom is 0.211 e. The molecule has 3 aliphatic rings. The van der Waals surface area contributed by atoms with E-state index < -0.39 is 10.0 Å². The van der Waals surface area contributed by atoms with Gasteiger partial charge in [0.1, 0.15) is 0 Å². The van der Waals surface area contributed by atoms with Crippen LogP contribution in [0.1, 0.15) is 25.7 Å². The molecule has 114 valence electrons. The molecule has 1 aliphatic heterocycles. The number of nitrogens with one attached hydrogen (secondary N) is 1. The highest BCUT2D eigenvalue weighted by atomic mass is 32.2. The van der Waals surface area contributed by atoms with E-state index in [-0.39, 0.29) is 0 Å². The summed E-state index contributed by atoms with van der Waals surface area (Å²) in [6, 6.07) is 0.550. The van der Waals surface area contributed by atoms with E-state index in [4.69, 9.17) is 12.2 Å². The van der Waals surface area contributed by atoms with Crippen LogP contribution in [-0.2, 0) is 10.0 Å². The van der Waals surface area contributed by atoms with Crippen LogP contribution in [0, 0.1) is 11.8 Å². The van der Waals surface area contributed by atoms with Gasteiger partial charge in [0.25, 0.3) is 0 Å². The molecule has 7 heteroatoms. The summed E-state index contributed by atoms with van der Waals surface area (Å²) in [6.45, 7) is 2.47. The minimum absolute atomic E-state index is 0.539. The van der Waals surface area contributed by atoms with Crippen molar-refractivity contribution in [2.24, 2.45) is 11.8 Å². The van der Waals surface area contributed by atoms with Crippen molar-refractivity contribution < 1.29 is 8.42 Å². The predicted molar refractivity (Wildman–Crippen MR) is 83.0 cm³/mol. The quantitative estimate of drug-likeness (QED) is 0.757. The van der Waals surface area contributed by atoms with Gasteiger partial charge in [0.15, 0.2) is 5.11 Å². The summed E-state index contributed by atoms with van der Waals surface area (Å²) in [5.41, 5.74) is 0. The van der Waals surface area contributed by atoms with Gasteiger partial charge in [-0.05, 0) is 43.3 Å². The average molecular weight is 317 g/mol. The maximum atomic E-state index is 11.5. The molecule has 2 saturated carbocycles. The van der Waals surface area contributed by atoms with Crippen LogP contribution in [0.2, 0.25) is 0 Å². The maximum absolute atomic E-state index is 11.5. The van der Waals surface area contributed by atoms with E-state index in [2.05, 4.69) is 10.2 Å². The monoisotopic (exact) mass is 317 g/mol. The van der Waals surface area contributed by atoms with Crippen LogP contribution in [0.15, 0.2) is 0 Å². The van der Waals surface area contributed by atoms with Crippen LogP contribution in [0.3, 0.4) is 0 Å². The number of rotatable bonds is 2. The number of hydrogen-bond acceptors (Lipinski definition) is 3. The van der Waals surface area contributed by atoms with Crippen molar-refractivity contribution in [3.63, 3.8) is 0 Å². The number of fused-ring (bicyclic) bond motifs is 2. The lowest BCUT2D eigenvalue weighted by molar-refractivity contribution is 0.259. The zero-order valence-electron chi connectivity index (χ0n) is 11.9. The fourth-order valence-electron chi connectivity index (χ4n) is 3.89. The van der Waals surface area contributed by atoms with Crippen LogP contribution >= 0.6 is 12.2 Å². The van der Waals surface area contributed by atoms with E-state index in [0.29, 0.717) is 32.2 Å². The van der Waals surface area contributed by atoms with Gasteiger partial charge in [0, 0.05) is 32.2 Å². The van der Waals surface area contributed by atoms with Crippen molar-refractivity contribution >= 4 is 27.4 Å². The van der Waals surface area contributed by atoms with Crippen molar-refractivity contribution in [1.82, 2.24) is 14.5 Å². The van der Waals surface area contributed by atoms with Crippen molar-refractivity contribution in [2.75, 3.05) is 32.4 Å². The third kappa shape index (κ3) is 2.94. The average Bonchev–Trinajstić information content (AvgIpc) is 3.00. The number of nitrogens with zero attached hydrogens (tertiary/aromatic N) is 2. The molecule has 3 atom stereocenters. The summed E-state index contributed by atoms with van der Waals surface area (Å²) in [4.78, 5) is 2.11. The van der Waals surface area contributed by atoms with Crippen molar-refractivity contribution in [3.05, 3.63) is 0 Å². The van der Waals surface area contributed by atoms with Gasteiger partial charge >= 0.3 is 0 Å². The standard InChI is InChI=1S/C13H23N3O2S2/c1-20(17,18)16-6-4-15(5-7-16)13(19)14-12-9-10-2-3-11(12)8-10/h10-12H,2-9H2,1H3,(H,14,19)/t10-,11+,12-/m0/s1. The van der Waals surface area contributed by atoms with Gasteiger partial charge in [-0.15, -0.1) is 0 Å². The number of sulfonamides is 1. The van der Waals surface area contributed by atoms with Crippen molar-refractivity contribution in [2.45, 2.75) is 31.7 Å². The van der Waals surface area contributed by atoms with Gasteiger partial charge in [-0.2, -0.15) is 4.31 Å². The Labute approximate surface area is 126 Å². The summed E-state index contributed by atoms with van der Waals surface area (Å²) < 4.78 is 24.5. The molecule has 2 aliphatic carbocycles. The summed E-state index contributed by atoms with van der Waals surface area (Å²) in [5.74, 6) is 1.71. The number of piperazine rings is 1. The Balaban J connectivity index is 1.50.